The molecule has 2 aromatic carbocycles. The van der Waals surface area contributed by atoms with Gasteiger partial charge in [-0.1, -0.05) is 30.3 Å². The molecule has 0 unspecified atom stereocenters. The van der Waals surface area contributed by atoms with Crippen molar-refractivity contribution in [2.24, 2.45) is 0 Å². The van der Waals surface area contributed by atoms with Crippen LogP contribution in [0.3, 0.4) is 0 Å². The molecule has 2 aromatic heterocycles. The Hall–Kier alpha value is -2.92. The minimum absolute atomic E-state index is 0.152. The Morgan fingerprint density at radius 2 is 1.85 bits per heavy atom. The minimum atomic E-state index is -0.152. The highest BCUT2D eigenvalue weighted by Crippen LogP contribution is 2.24. The average Bonchev–Trinajstić information content (AvgIpc) is 3.08. The molecule has 128 valence electrons. The number of nitrogens with one attached hydrogen (secondary N) is 1. The zero-order chi connectivity index (χ0) is 18.1. The molecule has 4 aromatic rings. The van der Waals surface area contributed by atoms with E-state index in [0.717, 1.165) is 32.8 Å². The first-order chi connectivity index (χ1) is 12.6. The van der Waals surface area contributed by atoms with Crippen molar-refractivity contribution < 1.29 is 4.79 Å². The van der Waals surface area contributed by atoms with Gasteiger partial charge < -0.3 is 9.72 Å². The average molecular weight is 406 g/mol. The maximum atomic E-state index is 12.5. The normalized spacial score (nSPS) is 10.8. The number of aryl methyl sites for hydroxylation is 1. The number of hydrogen-bond acceptors (Lipinski definition) is 2. The molecule has 1 N–H and O–H groups in total. The van der Waals surface area contributed by atoms with Gasteiger partial charge in [-0.15, -0.1) is 0 Å². The van der Waals surface area contributed by atoms with Crippen LogP contribution in [0.25, 0.3) is 16.9 Å². The van der Waals surface area contributed by atoms with Crippen LogP contribution in [0, 0.1) is 6.92 Å². The molecule has 0 saturated carbocycles. The Labute approximate surface area is 159 Å². The van der Waals surface area contributed by atoms with E-state index in [4.69, 9.17) is 0 Å². The van der Waals surface area contributed by atoms with Crippen molar-refractivity contribution >= 4 is 33.2 Å². The number of halogens is 1. The fraction of sp³-hybridized carbons (Fsp3) is 0.0476. The van der Waals surface area contributed by atoms with E-state index in [1.807, 2.05) is 73.8 Å². The van der Waals surface area contributed by atoms with Crippen LogP contribution in [0.15, 0.2) is 77.4 Å². The van der Waals surface area contributed by atoms with Crippen LogP contribution in [0.1, 0.15) is 16.1 Å². The number of pyridine rings is 1. The van der Waals surface area contributed by atoms with Crippen molar-refractivity contribution in [1.82, 2.24) is 9.38 Å². The molecule has 0 saturated heterocycles. The summed E-state index contributed by atoms with van der Waals surface area (Å²) in [7, 11) is 0. The Morgan fingerprint density at radius 3 is 2.65 bits per heavy atom. The number of aromatic nitrogens is 2. The second-order valence-electron chi connectivity index (χ2n) is 6.04. The minimum Gasteiger partial charge on any atom is -0.322 e. The molecule has 26 heavy (non-hydrogen) atoms. The highest BCUT2D eigenvalue weighted by Gasteiger charge is 2.11. The number of carbonyl (C=O) groups excluding carboxylic acids is 1. The van der Waals surface area contributed by atoms with Gasteiger partial charge in [0.15, 0.2) is 0 Å². The van der Waals surface area contributed by atoms with Crippen molar-refractivity contribution in [1.29, 1.82) is 0 Å². The second-order valence-corrected chi connectivity index (χ2v) is 6.89. The Morgan fingerprint density at radius 1 is 1.04 bits per heavy atom. The lowest BCUT2D eigenvalue weighted by Crippen LogP contribution is -2.12. The zero-order valence-corrected chi connectivity index (χ0v) is 15.7. The fourth-order valence-electron chi connectivity index (χ4n) is 2.89. The molecule has 4 rings (SSSR count). The van der Waals surface area contributed by atoms with Crippen LogP contribution in [0.5, 0.6) is 0 Å². The van der Waals surface area contributed by atoms with E-state index in [1.54, 1.807) is 6.07 Å². The third-order valence-corrected chi connectivity index (χ3v) is 4.92. The van der Waals surface area contributed by atoms with Crippen LogP contribution in [-0.2, 0) is 0 Å². The summed E-state index contributed by atoms with van der Waals surface area (Å²) in [5, 5.41) is 2.95. The number of carbonyl (C=O) groups is 1. The number of hydrogen-bond donors (Lipinski definition) is 1. The van der Waals surface area contributed by atoms with Gasteiger partial charge in [0, 0.05) is 27.6 Å². The van der Waals surface area contributed by atoms with Crippen molar-refractivity contribution in [2.75, 3.05) is 5.32 Å². The van der Waals surface area contributed by atoms with Gasteiger partial charge in [0.05, 0.1) is 11.3 Å². The summed E-state index contributed by atoms with van der Waals surface area (Å²) < 4.78 is 2.83. The first-order valence-corrected chi connectivity index (χ1v) is 9.02. The van der Waals surface area contributed by atoms with Gasteiger partial charge in [-0.05, 0) is 59.3 Å². The maximum Gasteiger partial charge on any atom is 0.256 e. The van der Waals surface area contributed by atoms with Crippen molar-refractivity contribution in [3.63, 3.8) is 0 Å². The van der Waals surface area contributed by atoms with Gasteiger partial charge in [-0.3, -0.25) is 4.79 Å². The largest absolute Gasteiger partial charge is 0.322 e. The Kier molecular flexibility index (Phi) is 4.31. The molecular weight excluding hydrogens is 390 g/mol. The molecule has 0 radical (unpaired) electrons. The van der Waals surface area contributed by atoms with Gasteiger partial charge in [-0.25, -0.2) is 4.98 Å². The van der Waals surface area contributed by atoms with Crippen LogP contribution in [0.2, 0.25) is 0 Å². The highest BCUT2D eigenvalue weighted by molar-refractivity contribution is 9.10. The molecule has 0 spiro atoms. The summed E-state index contributed by atoms with van der Waals surface area (Å²) in [6.45, 7) is 2.05. The summed E-state index contributed by atoms with van der Waals surface area (Å²) in [6.07, 6.45) is 2.01. The summed E-state index contributed by atoms with van der Waals surface area (Å²) in [6, 6.07) is 21.1. The number of benzene rings is 2. The third-order valence-electron chi connectivity index (χ3n) is 4.23. The van der Waals surface area contributed by atoms with Gasteiger partial charge in [0.1, 0.15) is 5.65 Å². The van der Waals surface area contributed by atoms with Crippen LogP contribution in [-0.4, -0.2) is 15.3 Å². The van der Waals surface area contributed by atoms with E-state index in [9.17, 15) is 4.79 Å². The lowest BCUT2D eigenvalue weighted by Gasteiger charge is -2.08. The quantitative estimate of drug-likeness (QED) is 0.500. The first-order valence-electron chi connectivity index (χ1n) is 8.23. The van der Waals surface area contributed by atoms with Gasteiger partial charge in [-0.2, -0.15) is 0 Å². The van der Waals surface area contributed by atoms with Crippen molar-refractivity contribution in [3.8, 4) is 11.3 Å². The summed E-state index contributed by atoms with van der Waals surface area (Å²) in [5.41, 5.74) is 5.19. The molecule has 0 aliphatic rings. The Balaban J connectivity index is 1.65. The molecule has 0 aliphatic carbocycles. The van der Waals surface area contributed by atoms with E-state index in [1.165, 1.54) is 0 Å². The standard InChI is InChI=1S/C21H16BrN3O/c1-14-6-4-11-20-24-19(13-25(14)20)15-7-5-8-16(12-15)23-21(26)17-9-2-3-10-18(17)22/h2-13H,1H3,(H,23,26). The molecule has 1 amide bonds. The molecule has 0 fully saturated rings. The summed E-state index contributed by atoms with van der Waals surface area (Å²) >= 11 is 3.41. The van der Waals surface area contributed by atoms with E-state index >= 15 is 0 Å². The molecule has 4 nitrogen and oxygen atoms in total. The zero-order valence-electron chi connectivity index (χ0n) is 14.1. The lowest BCUT2D eigenvalue weighted by molar-refractivity contribution is 0.102. The molecule has 0 aliphatic heterocycles. The van der Waals surface area contributed by atoms with Crippen LogP contribution < -0.4 is 5.32 Å². The lowest BCUT2D eigenvalue weighted by atomic mass is 10.1. The highest BCUT2D eigenvalue weighted by atomic mass is 79.9. The number of rotatable bonds is 3. The monoisotopic (exact) mass is 405 g/mol. The number of amides is 1. The number of anilines is 1. The molecule has 5 heteroatoms. The third kappa shape index (κ3) is 3.13. The molecular formula is C21H16BrN3O. The molecule has 0 atom stereocenters. The van der Waals surface area contributed by atoms with Crippen LogP contribution >= 0.6 is 15.9 Å². The van der Waals surface area contributed by atoms with Gasteiger partial charge in [0.25, 0.3) is 5.91 Å². The van der Waals surface area contributed by atoms with Crippen molar-refractivity contribution in [3.05, 3.63) is 88.7 Å². The smallest absolute Gasteiger partial charge is 0.256 e. The van der Waals surface area contributed by atoms with Crippen LogP contribution in [0.4, 0.5) is 5.69 Å². The van der Waals surface area contributed by atoms with E-state index in [0.29, 0.717) is 5.56 Å². The predicted molar refractivity (Wildman–Crippen MR) is 107 cm³/mol. The van der Waals surface area contributed by atoms with Crippen molar-refractivity contribution in [2.45, 2.75) is 6.92 Å². The maximum absolute atomic E-state index is 12.5. The fourth-order valence-corrected chi connectivity index (χ4v) is 3.35. The first kappa shape index (κ1) is 16.5. The topological polar surface area (TPSA) is 46.4 Å². The van der Waals surface area contributed by atoms with E-state index < -0.39 is 0 Å². The van der Waals surface area contributed by atoms with E-state index in [2.05, 4.69) is 30.6 Å². The van der Waals surface area contributed by atoms with Gasteiger partial charge in [0.2, 0.25) is 0 Å². The second kappa shape index (κ2) is 6.77. The van der Waals surface area contributed by atoms with Gasteiger partial charge >= 0.3 is 0 Å². The Bertz CT molecular complexity index is 1120. The van der Waals surface area contributed by atoms with E-state index in [-0.39, 0.29) is 5.91 Å². The molecule has 0 bridgehead atoms. The summed E-state index contributed by atoms with van der Waals surface area (Å²) in [4.78, 5) is 17.2. The molecule has 2 heterocycles. The predicted octanol–water partition coefficient (Wildman–Crippen LogP) is 5.32. The number of fused-ring (bicyclic) bond motifs is 1. The summed E-state index contributed by atoms with van der Waals surface area (Å²) in [5.74, 6) is -0.152. The number of imidazole rings is 1. The SMILES string of the molecule is Cc1cccc2nc(-c3cccc(NC(=O)c4ccccc4Br)c3)cn12. The number of nitrogens with zero attached hydrogens (tertiary/aromatic N) is 2.